The molecule has 1 N–H and O–H groups in total. The summed E-state index contributed by atoms with van der Waals surface area (Å²) in [6.45, 7) is 6.25. The average molecular weight is 300 g/mol. The van der Waals surface area contributed by atoms with Crippen LogP contribution in [0.15, 0.2) is 24.3 Å². The average Bonchev–Trinajstić information content (AvgIpc) is 2.47. The first kappa shape index (κ1) is 17.4. The van der Waals surface area contributed by atoms with E-state index in [9.17, 15) is 0 Å². The van der Waals surface area contributed by atoms with Crippen LogP contribution in [-0.2, 0) is 9.47 Å². The molecule has 0 saturated carbocycles. The number of ether oxygens (including phenoxy) is 2. The highest BCUT2D eigenvalue weighted by molar-refractivity contribution is 6.30. The fourth-order valence-electron chi connectivity index (χ4n) is 2.12. The van der Waals surface area contributed by atoms with Crippen molar-refractivity contribution in [3.05, 3.63) is 34.9 Å². The Kier molecular flexibility index (Phi) is 9.67. The second-order valence-corrected chi connectivity index (χ2v) is 5.24. The summed E-state index contributed by atoms with van der Waals surface area (Å²) < 4.78 is 10.5. The van der Waals surface area contributed by atoms with Crippen LogP contribution in [0.2, 0.25) is 5.02 Å². The van der Waals surface area contributed by atoms with Crippen molar-refractivity contribution in [2.45, 2.75) is 25.7 Å². The van der Waals surface area contributed by atoms with Crippen LogP contribution in [0.25, 0.3) is 0 Å². The smallest absolute Gasteiger partial charge is 0.0700 e. The van der Waals surface area contributed by atoms with Crippen LogP contribution >= 0.6 is 11.6 Å². The minimum Gasteiger partial charge on any atom is -0.382 e. The number of halogens is 1. The van der Waals surface area contributed by atoms with E-state index in [0.29, 0.717) is 19.1 Å². The number of likely N-dealkylation sites (N-methyl/N-ethyl adjacent to an activating group) is 1. The van der Waals surface area contributed by atoms with Gasteiger partial charge in [-0.1, -0.05) is 30.7 Å². The van der Waals surface area contributed by atoms with Crippen LogP contribution in [0.4, 0.5) is 0 Å². The molecule has 1 atom stereocenters. The third-order valence-electron chi connectivity index (χ3n) is 3.26. The third-order valence-corrected chi connectivity index (χ3v) is 3.51. The lowest BCUT2D eigenvalue weighted by molar-refractivity contribution is 0.0681. The van der Waals surface area contributed by atoms with Crippen molar-refractivity contribution >= 4 is 11.6 Å². The molecule has 0 spiro atoms. The lowest BCUT2D eigenvalue weighted by Gasteiger charge is -2.18. The Bertz CT molecular complexity index is 343. The van der Waals surface area contributed by atoms with Crippen molar-refractivity contribution in [3.63, 3.8) is 0 Å². The lowest BCUT2D eigenvalue weighted by Crippen LogP contribution is -2.21. The second-order valence-electron chi connectivity index (χ2n) is 4.80. The maximum absolute atomic E-state index is 5.95. The number of nitrogens with one attached hydrogen (secondary N) is 1. The molecule has 1 unspecified atom stereocenters. The molecule has 0 amide bonds. The summed E-state index contributed by atoms with van der Waals surface area (Å²) >= 11 is 5.95. The minimum atomic E-state index is 0.512. The Labute approximate surface area is 127 Å². The zero-order valence-electron chi connectivity index (χ0n) is 12.5. The van der Waals surface area contributed by atoms with Crippen molar-refractivity contribution in [3.8, 4) is 0 Å². The Morgan fingerprint density at radius 2 is 1.90 bits per heavy atom. The molecule has 0 aliphatic carbocycles. The van der Waals surface area contributed by atoms with Crippen LogP contribution in [0.3, 0.4) is 0 Å². The summed E-state index contributed by atoms with van der Waals surface area (Å²) in [4.78, 5) is 0. The fraction of sp³-hybridized carbons (Fsp3) is 0.625. The molecule has 3 nitrogen and oxygen atoms in total. The van der Waals surface area contributed by atoms with E-state index < -0.39 is 0 Å². The first-order valence-electron chi connectivity index (χ1n) is 7.30. The van der Waals surface area contributed by atoms with Gasteiger partial charge in [-0.05, 0) is 43.0 Å². The molecule has 114 valence electrons. The van der Waals surface area contributed by atoms with E-state index >= 15 is 0 Å². The predicted molar refractivity (Wildman–Crippen MR) is 84.7 cm³/mol. The third kappa shape index (κ3) is 7.25. The fourth-order valence-corrected chi connectivity index (χ4v) is 2.24. The van der Waals surface area contributed by atoms with Crippen molar-refractivity contribution < 1.29 is 9.47 Å². The number of hydrogen-bond donors (Lipinski definition) is 1. The maximum Gasteiger partial charge on any atom is 0.0700 e. The number of rotatable bonds is 11. The summed E-state index contributed by atoms with van der Waals surface area (Å²) in [6.07, 6.45) is 2.17. The van der Waals surface area contributed by atoms with E-state index in [1.807, 2.05) is 12.1 Å². The quantitative estimate of drug-likeness (QED) is 0.635. The van der Waals surface area contributed by atoms with Gasteiger partial charge in [-0.25, -0.2) is 0 Å². The Morgan fingerprint density at radius 1 is 1.15 bits per heavy atom. The van der Waals surface area contributed by atoms with E-state index in [4.69, 9.17) is 21.1 Å². The summed E-state index contributed by atoms with van der Waals surface area (Å²) in [7, 11) is 1.69. The van der Waals surface area contributed by atoms with Crippen molar-refractivity contribution in [2.24, 2.45) is 0 Å². The molecule has 1 aromatic rings. The normalized spacial score (nSPS) is 12.6. The monoisotopic (exact) mass is 299 g/mol. The van der Waals surface area contributed by atoms with Crippen molar-refractivity contribution in [2.75, 3.05) is 40.0 Å². The van der Waals surface area contributed by atoms with Crippen LogP contribution < -0.4 is 5.32 Å². The lowest BCUT2D eigenvalue weighted by atomic mass is 9.94. The predicted octanol–water partition coefficient (Wildman–Crippen LogP) is 3.48. The molecular weight excluding hydrogens is 274 g/mol. The second kappa shape index (κ2) is 11.1. The standard InChI is InChI=1S/C16H26ClNO2/c1-3-18-13-15(5-4-10-20-12-11-19-2)14-6-8-16(17)9-7-14/h6-9,15,18H,3-5,10-13H2,1-2H3. The SMILES string of the molecule is CCNCC(CCCOCCOC)c1ccc(Cl)cc1. The highest BCUT2D eigenvalue weighted by atomic mass is 35.5. The molecule has 0 bridgehead atoms. The summed E-state index contributed by atoms with van der Waals surface area (Å²) in [6, 6.07) is 8.17. The number of hydrogen-bond acceptors (Lipinski definition) is 3. The van der Waals surface area contributed by atoms with E-state index in [0.717, 1.165) is 37.6 Å². The molecule has 0 aliphatic rings. The van der Waals surface area contributed by atoms with Crippen LogP contribution in [0.5, 0.6) is 0 Å². The van der Waals surface area contributed by atoms with Gasteiger partial charge in [-0.2, -0.15) is 0 Å². The molecular formula is C16H26ClNO2. The van der Waals surface area contributed by atoms with Gasteiger partial charge in [-0.15, -0.1) is 0 Å². The van der Waals surface area contributed by atoms with Gasteiger partial charge in [0.05, 0.1) is 13.2 Å². The molecule has 0 heterocycles. The summed E-state index contributed by atoms with van der Waals surface area (Å²) in [5, 5.41) is 4.22. The molecule has 0 aliphatic heterocycles. The van der Waals surface area contributed by atoms with Crippen LogP contribution in [-0.4, -0.2) is 40.0 Å². The van der Waals surface area contributed by atoms with Gasteiger partial charge in [0.1, 0.15) is 0 Å². The Morgan fingerprint density at radius 3 is 2.55 bits per heavy atom. The molecule has 0 aromatic heterocycles. The Hall–Kier alpha value is -0.610. The van der Waals surface area contributed by atoms with Crippen LogP contribution in [0, 0.1) is 0 Å². The highest BCUT2D eigenvalue weighted by Gasteiger charge is 2.10. The summed E-state index contributed by atoms with van der Waals surface area (Å²) in [5.74, 6) is 0.512. The van der Waals surface area contributed by atoms with Gasteiger partial charge in [0.2, 0.25) is 0 Å². The molecule has 4 heteroatoms. The van der Waals surface area contributed by atoms with Crippen molar-refractivity contribution in [1.82, 2.24) is 5.32 Å². The zero-order chi connectivity index (χ0) is 14.6. The first-order chi connectivity index (χ1) is 9.77. The molecule has 0 fully saturated rings. The molecule has 1 aromatic carbocycles. The first-order valence-corrected chi connectivity index (χ1v) is 7.68. The van der Waals surface area contributed by atoms with Gasteiger partial charge >= 0.3 is 0 Å². The number of methoxy groups -OCH3 is 1. The minimum absolute atomic E-state index is 0.512. The van der Waals surface area contributed by atoms with E-state index in [1.54, 1.807) is 7.11 Å². The van der Waals surface area contributed by atoms with Crippen LogP contribution in [0.1, 0.15) is 31.2 Å². The topological polar surface area (TPSA) is 30.5 Å². The van der Waals surface area contributed by atoms with Gasteiger partial charge < -0.3 is 14.8 Å². The zero-order valence-corrected chi connectivity index (χ0v) is 13.3. The Balaban J connectivity index is 2.37. The highest BCUT2D eigenvalue weighted by Crippen LogP contribution is 2.22. The van der Waals surface area contributed by atoms with Gasteiger partial charge in [0.25, 0.3) is 0 Å². The number of benzene rings is 1. The summed E-state index contributed by atoms with van der Waals surface area (Å²) in [5.41, 5.74) is 1.34. The van der Waals surface area contributed by atoms with E-state index in [2.05, 4.69) is 24.4 Å². The van der Waals surface area contributed by atoms with Gasteiger partial charge in [0.15, 0.2) is 0 Å². The van der Waals surface area contributed by atoms with Gasteiger partial charge in [0, 0.05) is 25.3 Å². The van der Waals surface area contributed by atoms with E-state index in [-0.39, 0.29) is 0 Å². The van der Waals surface area contributed by atoms with E-state index in [1.165, 1.54) is 5.56 Å². The van der Waals surface area contributed by atoms with Gasteiger partial charge in [-0.3, -0.25) is 0 Å². The largest absolute Gasteiger partial charge is 0.382 e. The molecule has 20 heavy (non-hydrogen) atoms. The maximum atomic E-state index is 5.95. The molecule has 1 rings (SSSR count). The van der Waals surface area contributed by atoms with Crippen molar-refractivity contribution in [1.29, 1.82) is 0 Å². The molecule has 0 radical (unpaired) electrons. The molecule has 0 saturated heterocycles.